The van der Waals surface area contributed by atoms with E-state index in [0.29, 0.717) is 12.0 Å². The maximum Gasteiger partial charge on any atom is 0.240 e. The van der Waals surface area contributed by atoms with Gasteiger partial charge in [-0.05, 0) is 67.8 Å². The zero-order valence-electron chi connectivity index (χ0n) is 16.6. The summed E-state index contributed by atoms with van der Waals surface area (Å²) in [6.07, 6.45) is 0.375. The van der Waals surface area contributed by atoms with Gasteiger partial charge in [0, 0.05) is 6.54 Å². The van der Waals surface area contributed by atoms with E-state index in [0.717, 1.165) is 11.1 Å². The van der Waals surface area contributed by atoms with Crippen LogP contribution >= 0.6 is 0 Å². The molecule has 3 aromatic rings. The molecule has 0 fully saturated rings. The van der Waals surface area contributed by atoms with Crippen LogP contribution < -0.4 is 4.72 Å². The Kier molecular flexibility index (Phi) is 6.40. The van der Waals surface area contributed by atoms with Crippen LogP contribution in [0.2, 0.25) is 0 Å². The van der Waals surface area contributed by atoms with Crippen molar-refractivity contribution in [1.29, 1.82) is 0 Å². The van der Waals surface area contributed by atoms with Gasteiger partial charge in [-0.25, -0.2) is 25.9 Å². The Bertz CT molecular complexity index is 1250. The number of hydrogen-bond donors (Lipinski definition) is 1. The van der Waals surface area contributed by atoms with E-state index in [-0.39, 0.29) is 27.0 Å². The van der Waals surface area contributed by atoms with E-state index in [4.69, 9.17) is 0 Å². The highest BCUT2D eigenvalue weighted by Gasteiger charge is 2.23. The average Bonchev–Trinajstić information content (AvgIpc) is 2.70. The summed E-state index contributed by atoms with van der Waals surface area (Å²) < 4.78 is 66.9. The second-order valence-electron chi connectivity index (χ2n) is 7.02. The summed E-state index contributed by atoms with van der Waals surface area (Å²) in [5, 5.41) is 0. The van der Waals surface area contributed by atoms with E-state index in [9.17, 15) is 21.2 Å². The Morgan fingerprint density at radius 3 is 2.03 bits per heavy atom. The maximum atomic E-state index is 13.0. The van der Waals surface area contributed by atoms with Crippen LogP contribution in [0.4, 0.5) is 4.39 Å². The van der Waals surface area contributed by atoms with Crippen molar-refractivity contribution < 1.29 is 21.2 Å². The number of nitrogens with one attached hydrogen (secondary N) is 1. The molecule has 5 nitrogen and oxygen atoms in total. The second kappa shape index (κ2) is 8.67. The van der Waals surface area contributed by atoms with Gasteiger partial charge in [0.2, 0.25) is 19.9 Å². The summed E-state index contributed by atoms with van der Waals surface area (Å²) in [6, 6.07) is 16.3. The maximum absolute atomic E-state index is 13.0. The van der Waals surface area contributed by atoms with Crippen molar-refractivity contribution in [3.8, 4) is 0 Å². The first-order chi connectivity index (χ1) is 14.1. The molecule has 8 heteroatoms. The SMILES string of the molecule is Cc1ccc(S(=O)(=O)c2ccc(C)c(S(=O)(=O)NCCc3ccc(F)cc3)c2)cc1. The molecule has 0 aliphatic carbocycles. The zero-order chi connectivity index (χ0) is 21.9. The zero-order valence-corrected chi connectivity index (χ0v) is 18.2. The molecule has 0 atom stereocenters. The molecule has 0 saturated carbocycles. The predicted molar refractivity (Wildman–Crippen MR) is 113 cm³/mol. The number of halogens is 1. The van der Waals surface area contributed by atoms with Crippen LogP contribution in [0, 0.1) is 19.7 Å². The van der Waals surface area contributed by atoms with E-state index in [1.807, 2.05) is 6.92 Å². The molecule has 0 aliphatic heterocycles. The van der Waals surface area contributed by atoms with Gasteiger partial charge >= 0.3 is 0 Å². The van der Waals surface area contributed by atoms with Crippen molar-refractivity contribution in [2.75, 3.05) is 6.54 Å². The van der Waals surface area contributed by atoms with E-state index in [1.54, 1.807) is 31.2 Å². The van der Waals surface area contributed by atoms with Gasteiger partial charge in [-0.2, -0.15) is 0 Å². The third-order valence-corrected chi connectivity index (χ3v) is 8.08. The lowest BCUT2D eigenvalue weighted by molar-refractivity contribution is 0.580. The molecule has 0 heterocycles. The highest BCUT2D eigenvalue weighted by atomic mass is 32.2. The highest BCUT2D eigenvalue weighted by molar-refractivity contribution is 7.91. The summed E-state index contributed by atoms with van der Waals surface area (Å²) in [7, 11) is -7.78. The van der Waals surface area contributed by atoms with Gasteiger partial charge in [0.15, 0.2) is 0 Å². The van der Waals surface area contributed by atoms with Crippen LogP contribution in [-0.4, -0.2) is 23.4 Å². The summed E-state index contributed by atoms with van der Waals surface area (Å²) >= 11 is 0. The van der Waals surface area contributed by atoms with Gasteiger partial charge in [0.25, 0.3) is 0 Å². The fourth-order valence-electron chi connectivity index (χ4n) is 2.95. The van der Waals surface area contributed by atoms with Crippen molar-refractivity contribution in [1.82, 2.24) is 4.72 Å². The molecule has 30 heavy (non-hydrogen) atoms. The van der Waals surface area contributed by atoms with Crippen molar-refractivity contribution in [2.24, 2.45) is 0 Å². The summed E-state index contributed by atoms with van der Waals surface area (Å²) in [4.78, 5) is -0.0739. The molecule has 0 saturated heterocycles. The standard InChI is InChI=1S/C22H22FNO4S2/c1-16-3-10-20(11-4-16)29(25,26)21-12-5-17(2)22(15-21)30(27,28)24-14-13-18-6-8-19(23)9-7-18/h3-12,15,24H,13-14H2,1-2H3. The third kappa shape index (κ3) is 4.95. The van der Waals surface area contributed by atoms with Crippen LogP contribution in [0.3, 0.4) is 0 Å². The number of rotatable bonds is 7. The first kappa shape index (κ1) is 22.1. The summed E-state index contributed by atoms with van der Waals surface area (Å²) in [5.74, 6) is -0.360. The number of aryl methyl sites for hydroxylation is 2. The molecule has 158 valence electrons. The fraction of sp³-hybridized carbons (Fsp3) is 0.182. The lowest BCUT2D eigenvalue weighted by Gasteiger charge is -2.12. The Balaban J connectivity index is 1.84. The molecule has 0 unspecified atom stereocenters. The van der Waals surface area contributed by atoms with Crippen LogP contribution in [0.25, 0.3) is 0 Å². The Hall–Kier alpha value is -2.55. The van der Waals surface area contributed by atoms with Crippen molar-refractivity contribution in [3.05, 3.63) is 89.2 Å². The van der Waals surface area contributed by atoms with Gasteiger partial charge in [-0.1, -0.05) is 35.9 Å². The molecular weight excluding hydrogens is 425 g/mol. The van der Waals surface area contributed by atoms with Crippen molar-refractivity contribution in [3.63, 3.8) is 0 Å². The van der Waals surface area contributed by atoms with Crippen LogP contribution in [0.5, 0.6) is 0 Å². The Morgan fingerprint density at radius 1 is 0.800 bits per heavy atom. The lowest BCUT2D eigenvalue weighted by atomic mass is 10.1. The first-order valence-electron chi connectivity index (χ1n) is 9.26. The number of hydrogen-bond acceptors (Lipinski definition) is 4. The van der Waals surface area contributed by atoms with Crippen LogP contribution in [-0.2, 0) is 26.3 Å². The van der Waals surface area contributed by atoms with Crippen LogP contribution in [0.15, 0.2) is 81.4 Å². The largest absolute Gasteiger partial charge is 0.240 e. The number of sulfonamides is 1. The fourth-order valence-corrected chi connectivity index (χ4v) is 5.61. The van der Waals surface area contributed by atoms with E-state index in [1.165, 1.54) is 42.5 Å². The molecule has 3 rings (SSSR count). The van der Waals surface area contributed by atoms with Crippen LogP contribution in [0.1, 0.15) is 16.7 Å². The molecule has 0 radical (unpaired) electrons. The van der Waals surface area contributed by atoms with Crippen molar-refractivity contribution in [2.45, 2.75) is 35.0 Å². The molecular formula is C22H22FNO4S2. The molecule has 0 spiro atoms. The summed E-state index contributed by atoms with van der Waals surface area (Å²) in [5.41, 5.74) is 2.14. The molecule has 0 amide bonds. The topological polar surface area (TPSA) is 80.3 Å². The predicted octanol–water partition coefficient (Wildman–Crippen LogP) is 3.80. The molecule has 3 aromatic carbocycles. The lowest BCUT2D eigenvalue weighted by Crippen LogP contribution is -2.27. The minimum Gasteiger partial charge on any atom is -0.219 e. The first-order valence-corrected chi connectivity index (χ1v) is 12.2. The van der Waals surface area contributed by atoms with Gasteiger partial charge in [-0.3, -0.25) is 0 Å². The molecule has 0 aliphatic rings. The Labute approximate surface area is 176 Å². The van der Waals surface area contributed by atoms with Gasteiger partial charge < -0.3 is 0 Å². The molecule has 0 aromatic heterocycles. The monoisotopic (exact) mass is 447 g/mol. The van der Waals surface area contributed by atoms with Gasteiger partial charge in [0.1, 0.15) is 5.82 Å². The van der Waals surface area contributed by atoms with E-state index < -0.39 is 19.9 Å². The van der Waals surface area contributed by atoms with Gasteiger partial charge in [-0.15, -0.1) is 0 Å². The quantitative estimate of drug-likeness (QED) is 0.598. The minimum absolute atomic E-state index is 0.0872. The third-order valence-electron chi connectivity index (χ3n) is 4.71. The highest BCUT2D eigenvalue weighted by Crippen LogP contribution is 2.25. The van der Waals surface area contributed by atoms with E-state index in [2.05, 4.69) is 4.72 Å². The number of sulfone groups is 1. The normalized spacial score (nSPS) is 12.1. The summed E-state index contributed by atoms with van der Waals surface area (Å²) in [6.45, 7) is 3.56. The second-order valence-corrected chi connectivity index (χ2v) is 10.7. The van der Waals surface area contributed by atoms with Gasteiger partial charge in [0.05, 0.1) is 14.7 Å². The number of benzene rings is 3. The minimum atomic E-state index is -3.93. The van der Waals surface area contributed by atoms with E-state index >= 15 is 0 Å². The average molecular weight is 448 g/mol. The molecule has 0 bridgehead atoms. The van der Waals surface area contributed by atoms with Crippen molar-refractivity contribution >= 4 is 19.9 Å². The smallest absolute Gasteiger partial charge is 0.219 e. The molecule has 1 N–H and O–H groups in total. The Morgan fingerprint density at radius 2 is 1.40 bits per heavy atom.